The summed E-state index contributed by atoms with van der Waals surface area (Å²) in [6, 6.07) is 0. The third-order valence-electron chi connectivity index (χ3n) is 2.87. The van der Waals surface area contributed by atoms with E-state index in [1.807, 2.05) is 36.5 Å². The standard InChI is InChI=1S/C9H16.C8H14.C8H12/c1-4-5-6-7-8-9(2)3;1-4-5-6-7-8(2)3;1-3-5-7-8-6-4-2/h4-6,9H,1,7-8H2,2-3H3;4-6,8H,1,7H2,2-3H3;3-5,7H,1-2,6,8H2. The van der Waals surface area contributed by atoms with Crippen LogP contribution in [-0.2, 0) is 0 Å². The highest BCUT2D eigenvalue weighted by Gasteiger charge is 1.88. The van der Waals surface area contributed by atoms with E-state index in [1.165, 1.54) is 12.8 Å². The fourth-order valence-electron chi connectivity index (χ4n) is 1.48. The minimum Gasteiger partial charge on any atom is -0.103 e. The summed E-state index contributed by atoms with van der Waals surface area (Å²) in [4.78, 5) is 0. The van der Waals surface area contributed by atoms with Gasteiger partial charge < -0.3 is 0 Å². The number of hydrogen-bond acceptors (Lipinski definition) is 0. The monoisotopic (exact) mass is 342 g/mol. The third kappa shape index (κ3) is 44.9. The van der Waals surface area contributed by atoms with E-state index in [9.17, 15) is 0 Å². The van der Waals surface area contributed by atoms with Crippen molar-refractivity contribution in [3.05, 3.63) is 87.1 Å². The Bertz CT molecular complexity index is 375. The fourth-order valence-corrected chi connectivity index (χ4v) is 1.48. The molecule has 0 N–H and O–H groups in total. The van der Waals surface area contributed by atoms with Gasteiger partial charge >= 0.3 is 0 Å². The minimum atomic E-state index is 0.770. The zero-order valence-corrected chi connectivity index (χ0v) is 17.3. The van der Waals surface area contributed by atoms with Gasteiger partial charge in [-0.1, -0.05) is 108 Å². The summed E-state index contributed by atoms with van der Waals surface area (Å²) in [5.74, 6) is 1.59. The predicted octanol–water partition coefficient (Wildman–Crippen LogP) is 8.63. The Morgan fingerprint density at radius 3 is 1.48 bits per heavy atom. The third-order valence-corrected chi connectivity index (χ3v) is 2.87. The Labute approximate surface area is 159 Å². The Morgan fingerprint density at radius 1 is 0.600 bits per heavy atom. The van der Waals surface area contributed by atoms with Crippen LogP contribution in [-0.4, -0.2) is 0 Å². The maximum absolute atomic E-state index is 3.60. The lowest BCUT2D eigenvalue weighted by molar-refractivity contribution is 0.594. The highest BCUT2D eigenvalue weighted by Crippen LogP contribution is 2.03. The molecule has 0 rings (SSSR count). The molecule has 0 atom stereocenters. The summed E-state index contributed by atoms with van der Waals surface area (Å²) < 4.78 is 0. The summed E-state index contributed by atoms with van der Waals surface area (Å²) >= 11 is 0. The molecular weight excluding hydrogens is 300 g/mol. The van der Waals surface area contributed by atoms with Crippen molar-refractivity contribution in [1.82, 2.24) is 0 Å². The van der Waals surface area contributed by atoms with E-state index in [0.29, 0.717) is 0 Å². The highest BCUT2D eigenvalue weighted by atomic mass is 13.9. The van der Waals surface area contributed by atoms with Gasteiger partial charge in [0.2, 0.25) is 0 Å². The van der Waals surface area contributed by atoms with Crippen molar-refractivity contribution < 1.29 is 0 Å². The summed E-state index contributed by atoms with van der Waals surface area (Å²) in [6.45, 7) is 23.2. The average Bonchev–Trinajstić information content (AvgIpc) is 2.57. The molecule has 0 heterocycles. The van der Waals surface area contributed by atoms with Crippen molar-refractivity contribution in [2.24, 2.45) is 11.8 Å². The molecule has 0 aliphatic rings. The summed E-state index contributed by atoms with van der Waals surface area (Å²) in [6.07, 6.45) is 25.4. The van der Waals surface area contributed by atoms with Crippen molar-refractivity contribution in [3.63, 3.8) is 0 Å². The fraction of sp³-hybridized carbons (Fsp3) is 0.440. The first-order chi connectivity index (χ1) is 12.0. The molecule has 0 unspecified atom stereocenters. The van der Waals surface area contributed by atoms with E-state index in [4.69, 9.17) is 0 Å². The van der Waals surface area contributed by atoms with Gasteiger partial charge in [0.25, 0.3) is 0 Å². The molecule has 0 fully saturated rings. The zero-order valence-electron chi connectivity index (χ0n) is 17.3. The number of hydrogen-bond donors (Lipinski definition) is 0. The molecule has 0 spiro atoms. The van der Waals surface area contributed by atoms with Crippen molar-refractivity contribution in [3.8, 4) is 0 Å². The Hall–Kier alpha value is -1.82. The minimum absolute atomic E-state index is 0.770. The molecule has 0 heteroatoms. The molecule has 0 amide bonds. The normalized spacial score (nSPS) is 10.5. The van der Waals surface area contributed by atoms with Gasteiger partial charge in [-0.05, 0) is 43.9 Å². The molecular formula is C25H42. The van der Waals surface area contributed by atoms with E-state index in [0.717, 1.165) is 31.1 Å². The molecule has 25 heavy (non-hydrogen) atoms. The maximum Gasteiger partial charge on any atom is -0.0313 e. The molecule has 0 aromatic heterocycles. The van der Waals surface area contributed by atoms with Gasteiger partial charge in [-0.15, -0.1) is 6.58 Å². The van der Waals surface area contributed by atoms with Crippen molar-refractivity contribution >= 4 is 0 Å². The maximum atomic E-state index is 3.60. The molecule has 0 bridgehead atoms. The Morgan fingerprint density at radius 2 is 1.08 bits per heavy atom. The van der Waals surface area contributed by atoms with Crippen LogP contribution in [0.3, 0.4) is 0 Å². The van der Waals surface area contributed by atoms with E-state index in [-0.39, 0.29) is 0 Å². The van der Waals surface area contributed by atoms with Crippen LogP contribution in [0.5, 0.6) is 0 Å². The van der Waals surface area contributed by atoms with Crippen LogP contribution in [0.2, 0.25) is 0 Å². The van der Waals surface area contributed by atoms with Crippen LogP contribution in [0.1, 0.15) is 59.8 Å². The van der Waals surface area contributed by atoms with Crippen LogP contribution >= 0.6 is 0 Å². The van der Waals surface area contributed by atoms with Crippen molar-refractivity contribution in [2.45, 2.75) is 59.8 Å². The molecule has 0 saturated carbocycles. The zero-order chi connectivity index (χ0) is 19.8. The first kappa shape index (κ1) is 28.0. The van der Waals surface area contributed by atoms with Gasteiger partial charge in [0.05, 0.1) is 0 Å². The molecule has 0 aliphatic carbocycles. The first-order valence-electron chi connectivity index (χ1n) is 9.39. The van der Waals surface area contributed by atoms with E-state index < -0.39 is 0 Å². The second kappa shape index (κ2) is 27.0. The molecule has 0 radical (unpaired) electrons. The predicted molar refractivity (Wildman–Crippen MR) is 121 cm³/mol. The van der Waals surface area contributed by atoms with Crippen LogP contribution < -0.4 is 0 Å². The lowest BCUT2D eigenvalue weighted by Gasteiger charge is -1.97. The van der Waals surface area contributed by atoms with Gasteiger partial charge in [-0.25, -0.2) is 0 Å². The van der Waals surface area contributed by atoms with Gasteiger partial charge in [-0.3, -0.25) is 0 Å². The van der Waals surface area contributed by atoms with Crippen LogP contribution in [0.25, 0.3) is 0 Å². The quantitative estimate of drug-likeness (QED) is 0.200. The first-order valence-corrected chi connectivity index (χ1v) is 9.39. The smallest absolute Gasteiger partial charge is 0.0313 e. The Balaban J connectivity index is -0.000000291. The molecule has 0 aromatic rings. The lowest BCUT2D eigenvalue weighted by atomic mass is 10.1. The van der Waals surface area contributed by atoms with Gasteiger partial charge in [0.1, 0.15) is 0 Å². The highest BCUT2D eigenvalue weighted by molar-refractivity contribution is 4.98. The van der Waals surface area contributed by atoms with Crippen molar-refractivity contribution in [2.75, 3.05) is 0 Å². The molecule has 0 saturated heterocycles. The van der Waals surface area contributed by atoms with Crippen LogP contribution in [0, 0.1) is 11.8 Å². The summed E-state index contributed by atoms with van der Waals surface area (Å²) in [7, 11) is 0. The van der Waals surface area contributed by atoms with Gasteiger partial charge in [-0.2, -0.15) is 0 Å². The number of allylic oxidation sites excluding steroid dienone is 10. The van der Waals surface area contributed by atoms with E-state index >= 15 is 0 Å². The van der Waals surface area contributed by atoms with Gasteiger partial charge in [0.15, 0.2) is 0 Å². The summed E-state index contributed by atoms with van der Waals surface area (Å²) in [5, 5.41) is 0. The SMILES string of the molecule is C=CC=CCC(C)C.C=CC=CCCC(C)C.C=CC=CCCC=C. The van der Waals surface area contributed by atoms with E-state index in [1.54, 1.807) is 6.08 Å². The average molecular weight is 343 g/mol. The van der Waals surface area contributed by atoms with E-state index in [2.05, 4.69) is 72.2 Å². The molecule has 0 aromatic carbocycles. The topological polar surface area (TPSA) is 0 Å². The lowest BCUT2D eigenvalue weighted by Crippen LogP contribution is -1.83. The van der Waals surface area contributed by atoms with Gasteiger partial charge in [0, 0.05) is 0 Å². The van der Waals surface area contributed by atoms with Crippen LogP contribution in [0.4, 0.5) is 0 Å². The number of rotatable bonds is 11. The molecule has 0 aliphatic heterocycles. The second-order valence-corrected chi connectivity index (χ2v) is 6.46. The molecule has 142 valence electrons. The largest absolute Gasteiger partial charge is 0.103 e. The number of unbranched alkanes of at least 4 members (excludes halogenated alkanes) is 1. The molecule has 0 nitrogen and oxygen atoms in total. The second-order valence-electron chi connectivity index (χ2n) is 6.46. The van der Waals surface area contributed by atoms with Crippen molar-refractivity contribution in [1.29, 1.82) is 0 Å². The Kier molecular flexibility index (Phi) is 30.3. The van der Waals surface area contributed by atoms with Crippen LogP contribution in [0.15, 0.2) is 87.1 Å². The summed E-state index contributed by atoms with van der Waals surface area (Å²) in [5.41, 5.74) is 0.